The molecule has 5 N–H and O–H groups in total. The Balaban J connectivity index is 0.000000258. The van der Waals surface area contributed by atoms with Gasteiger partial charge in [0.2, 0.25) is 5.89 Å². The highest BCUT2D eigenvalue weighted by molar-refractivity contribution is 7.09. The van der Waals surface area contributed by atoms with Gasteiger partial charge in [-0.1, -0.05) is 40.5 Å². The molecule has 0 atom stereocenters. The zero-order valence-corrected chi connectivity index (χ0v) is 27.8. The third kappa shape index (κ3) is 18.5. The Morgan fingerprint density at radius 2 is 1.37 bits per heavy atom. The Labute approximate surface area is 259 Å². The molecule has 232 valence electrons. The van der Waals surface area contributed by atoms with Gasteiger partial charge in [0, 0.05) is 18.0 Å². The molecule has 0 bridgehead atoms. The molecule has 0 aliphatic rings. The highest BCUT2D eigenvalue weighted by Crippen LogP contribution is 2.05. The molecule has 0 unspecified atom stereocenters. The number of H-pyrrole nitrogens is 1. The molecule has 0 spiro atoms. The van der Waals surface area contributed by atoms with Crippen LogP contribution >= 0.6 is 22.9 Å². The van der Waals surface area contributed by atoms with Crippen molar-refractivity contribution in [2.75, 3.05) is 11.5 Å². The van der Waals surface area contributed by atoms with E-state index in [1.165, 1.54) is 22.7 Å². The van der Waals surface area contributed by atoms with Crippen molar-refractivity contribution in [3.63, 3.8) is 0 Å². The monoisotopic (exact) mass is 628 g/mol. The number of nitrogens with one attached hydrogen (secondary N) is 1. The number of aryl methyl sites for hydroxylation is 10. The van der Waals surface area contributed by atoms with Crippen molar-refractivity contribution in [1.29, 1.82) is 0 Å². The molecule has 6 rings (SSSR count). The third-order valence-corrected chi connectivity index (χ3v) is 5.93. The second kappa shape index (κ2) is 19.5. The number of hydrogen-bond acceptors (Lipinski definition) is 15. The summed E-state index contributed by atoms with van der Waals surface area (Å²) in [5.41, 5.74) is 13.9. The van der Waals surface area contributed by atoms with Crippen molar-refractivity contribution in [2.24, 2.45) is 0 Å². The fraction of sp³-hybridized carbons (Fsp3) is 0.370. The van der Waals surface area contributed by atoms with Crippen LogP contribution in [-0.4, -0.2) is 49.8 Å². The molecule has 5 aromatic heterocycles. The zero-order valence-electron chi connectivity index (χ0n) is 26.2. The largest absolute Gasteiger partial charge is 0.365 e. The van der Waals surface area contributed by atoms with Crippen LogP contribution in [0.1, 0.15) is 56.0 Å². The van der Waals surface area contributed by atoms with Crippen LogP contribution in [0, 0.1) is 69.2 Å². The lowest BCUT2D eigenvalue weighted by Gasteiger charge is -1.90. The molecule has 0 aliphatic heterocycles. The summed E-state index contributed by atoms with van der Waals surface area (Å²) in [6.45, 7) is 19.2. The molecule has 1 aromatic carbocycles. The van der Waals surface area contributed by atoms with E-state index in [-0.39, 0.29) is 12.0 Å². The summed E-state index contributed by atoms with van der Waals surface area (Å²) in [5, 5.41) is 17.4. The van der Waals surface area contributed by atoms with Gasteiger partial charge in [-0.3, -0.25) is 5.10 Å². The van der Waals surface area contributed by atoms with Crippen LogP contribution in [0.5, 0.6) is 0 Å². The Kier molecular flexibility index (Phi) is 16.6. The summed E-state index contributed by atoms with van der Waals surface area (Å²) in [6, 6.07) is 8.57. The van der Waals surface area contributed by atoms with Crippen molar-refractivity contribution in [1.82, 2.24) is 49.8 Å². The quantitative estimate of drug-likeness (QED) is 0.188. The molecule has 0 aliphatic carbocycles. The second-order valence-electron chi connectivity index (χ2n) is 8.85. The van der Waals surface area contributed by atoms with Gasteiger partial charge in [-0.25, -0.2) is 15.0 Å². The maximum atomic E-state index is 5.06. The minimum Gasteiger partial charge on any atom is -0.365 e. The topological polar surface area (TPSA) is 210 Å². The van der Waals surface area contributed by atoms with Crippen molar-refractivity contribution >= 4 is 34.8 Å². The molecule has 0 radical (unpaired) electrons. The van der Waals surface area contributed by atoms with Gasteiger partial charge in [-0.2, -0.15) is 19.4 Å². The Morgan fingerprint density at radius 3 is 1.53 bits per heavy atom. The van der Waals surface area contributed by atoms with Crippen molar-refractivity contribution in [2.45, 2.75) is 69.2 Å². The molecule has 5 heterocycles. The predicted molar refractivity (Wildman–Crippen MR) is 170 cm³/mol. The molecular weight excluding hydrogens is 589 g/mol. The first-order chi connectivity index (χ1) is 20.2. The van der Waals surface area contributed by atoms with E-state index in [1.54, 1.807) is 25.2 Å². The average molecular weight is 629 g/mol. The van der Waals surface area contributed by atoms with Gasteiger partial charge in [0.25, 0.3) is 5.95 Å². The summed E-state index contributed by atoms with van der Waals surface area (Å²) in [4.78, 5) is 19.3. The van der Waals surface area contributed by atoms with Crippen LogP contribution in [0.3, 0.4) is 0 Å². The van der Waals surface area contributed by atoms with Gasteiger partial charge in [0.1, 0.15) is 22.5 Å². The van der Waals surface area contributed by atoms with E-state index in [4.69, 9.17) is 11.5 Å². The van der Waals surface area contributed by atoms with Crippen LogP contribution in [-0.2, 0) is 0 Å². The van der Waals surface area contributed by atoms with Crippen molar-refractivity contribution < 1.29 is 9.05 Å². The zero-order chi connectivity index (χ0) is 32.4. The molecule has 43 heavy (non-hydrogen) atoms. The van der Waals surface area contributed by atoms with E-state index < -0.39 is 0 Å². The normalized spacial score (nSPS) is 9.35. The Bertz CT molecular complexity index is 1260. The summed E-state index contributed by atoms with van der Waals surface area (Å²) in [5.74, 6) is 3.81. The molecule has 0 fully saturated rings. The van der Waals surface area contributed by atoms with E-state index in [2.05, 4.69) is 102 Å². The summed E-state index contributed by atoms with van der Waals surface area (Å²) >= 11 is 3.14. The van der Waals surface area contributed by atoms with Gasteiger partial charge in [-0.15, -0.1) is 11.3 Å². The highest BCUT2D eigenvalue weighted by Gasteiger charge is 1.92. The number of aromatic nitrogens is 10. The molecule has 14 nitrogen and oxygen atoms in total. The fourth-order valence-corrected chi connectivity index (χ4v) is 3.83. The molecular formula is C27H40N12O2S2. The molecule has 6 aromatic rings. The molecule has 0 amide bonds. The smallest absolute Gasteiger partial charge is 0.318 e. The number of aromatic amines is 1. The van der Waals surface area contributed by atoms with Crippen LogP contribution in [0.2, 0.25) is 0 Å². The van der Waals surface area contributed by atoms with Gasteiger partial charge in [0.05, 0.1) is 5.01 Å². The number of nitrogen functional groups attached to an aromatic ring is 2. The second-order valence-corrected chi connectivity index (χ2v) is 10.9. The first kappa shape index (κ1) is 36.5. The number of rotatable bonds is 0. The lowest BCUT2D eigenvalue weighted by molar-refractivity contribution is 0.395. The van der Waals surface area contributed by atoms with Crippen LogP contribution in [0.4, 0.5) is 12.0 Å². The number of hydrogen-bond donors (Lipinski definition) is 3. The molecule has 0 saturated heterocycles. The fourth-order valence-electron chi connectivity index (χ4n) is 2.76. The van der Waals surface area contributed by atoms with Gasteiger partial charge in [-0.05, 0) is 79.0 Å². The van der Waals surface area contributed by atoms with Crippen molar-refractivity contribution in [3.8, 4) is 0 Å². The lowest BCUT2D eigenvalue weighted by atomic mass is 10.2. The van der Waals surface area contributed by atoms with E-state index in [0.29, 0.717) is 11.7 Å². The van der Waals surface area contributed by atoms with Crippen LogP contribution in [0.25, 0.3) is 0 Å². The molecule has 0 saturated carbocycles. The summed E-state index contributed by atoms with van der Waals surface area (Å²) in [7, 11) is 0. The van der Waals surface area contributed by atoms with E-state index in [0.717, 1.165) is 33.2 Å². The van der Waals surface area contributed by atoms with E-state index in [9.17, 15) is 0 Å². The standard InChI is InChI=1S/C8H10.C5H7NS.C4H7N3.C4H6N2S.2C3H5N3O/c1-7-4-3-5-8(2)6-7;1-4-3-7-5(2)6-4;2*1-3-5-4(2)7-6-3;1-2-5-3(4)6-7-2;1-2-5-3(4)7-6-2/h3-6H,1-2H3;3H,1-2H3;1-2H3,(H,5,6,7);1-2H3;1H3,(H2,4,6);1H3,(H2,4,5,6). The number of benzene rings is 1. The Morgan fingerprint density at radius 1 is 0.698 bits per heavy atom. The van der Waals surface area contributed by atoms with Gasteiger partial charge in [0.15, 0.2) is 5.82 Å². The maximum absolute atomic E-state index is 5.06. The van der Waals surface area contributed by atoms with Gasteiger partial charge >= 0.3 is 6.01 Å². The Hall–Kier alpha value is -4.57. The van der Waals surface area contributed by atoms with Crippen LogP contribution in [0.15, 0.2) is 38.7 Å². The SMILES string of the molecule is Cc1cccc(C)c1.Cc1csc(C)n1.Cc1n[nH]c(C)n1.Cc1nc(N)no1.Cc1noc(N)n1.Cc1nsc(C)n1. The minimum atomic E-state index is 0.123. The summed E-state index contributed by atoms with van der Waals surface area (Å²) in [6.07, 6.45) is 0. The predicted octanol–water partition coefficient (Wildman–Crippen LogP) is 5.56. The van der Waals surface area contributed by atoms with Gasteiger partial charge < -0.3 is 20.5 Å². The van der Waals surface area contributed by atoms with E-state index in [1.807, 2.05) is 41.5 Å². The minimum absolute atomic E-state index is 0.123. The average Bonchev–Trinajstić information content (AvgIpc) is 3.75. The number of nitrogens with zero attached hydrogens (tertiary/aromatic N) is 9. The lowest BCUT2D eigenvalue weighted by Crippen LogP contribution is -1.84. The van der Waals surface area contributed by atoms with E-state index >= 15 is 0 Å². The van der Waals surface area contributed by atoms with Crippen LogP contribution < -0.4 is 11.5 Å². The molecule has 16 heteroatoms. The number of thiazole rings is 1. The first-order valence-corrected chi connectivity index (χ1v) is 14.5. The summed E-state index contributed by atoms with van der Waals surface area (Å²) < 4.78 is 12.8. The van der Waals surface area contributed by atoms with Crippen molar-refractivity contribution in [3.05, 3.63) is 85.7 Å². The highest BCUT2D eigenvalue weighted by atomic mass is 32.1. The number of anilines is 2. The maximum Gasteiger partial charge on any atom is 0.318 e. The first-order valence-electron chi connectivity index (χ1n) is 12.9. The third-order valence-electron chi connectivity index (χ3n) is 4.33. The number of nitrogens with two attached hydrogens (primary N) is 2.